The first kappa shape index (κ1) is 9.90. The highest BCUT2D eigenvalue weighted by atomic mass is 16.4. The molecule has 84 valence electrons. The van der Waals surface area contributed by atoms with Gasteiger partial charge in [0.2, 0.25) is 0 Å². The van der Waals surface area contributed by atoms with E-state index >= 15 is 0 Å². The average molecular weight is 225 g/mol. The third-order valence-electron chi connectivity index (χ3n) is 3.04. The van der Waals surface area contributed by atoms with Gasteiger partial charge in [0, 0.05) is 6.20 Å². The van der Waals surface area contributed by atoms with Gasteiger partial charge in [-0.1, -0.05) is 36.4 Å². The molecule has 1 heterocycles. The Morgan fingerprint density at radius 3 is 2.82 bits per heavy atom. The zero-order valence-corrected chi connectivity index (χ0v) is 9.13. The number of nitrogens with zero attached hydrogens (tertiary/aromatic N) is 1. The Morgan fingerprint density at radius 1 is 1.18 bits per heavy atom. The molecule has 1 aliphatic carbocycles. The molecule has 3 nitrogen and oxygen atoms in total. The summed E-state index contributed by atoms with van der Waals surface area (Å²) in [5.74, 6) is 0. The van der Waals surface area contributed by atoms with Crippen molar-refractivity contribution < 1.29 is 9.90 Å². The largest absolute Gasteiger partial charge is 0.464 e. The number of anilines is 1. The van der Waals surface area contributed by atoms with Crippen LogP contribution in [0.3, 0.4) is 0 Å². The lowest BCUT2D eigenvalue weighted by atomic mass is 10.0. The van der Waals surface area contributed by atoms with E-state index in [4.69, 9.17) is 0 Å². The average Bonchev–Trinajstić information content (AvgIpc) is 2.67. The predicted octanol–water partition coefficient (Wildman–Crippen LogP) is 3.28. The normalized spacial score (nSPS) is 15.6. The maximum absolute atomic E-state index is 11.3. The number of fused-ring (bicyclic) bond motifs is 3. The van der Waals surface area contributed by atoms with E-state index in [1.165, 1.54) is 4.90 Å². The summed E-state index contributed by atoms with van der Waals surface area (Å²) in [6.07, 6.45) is 11.1. The van der Waals surface area contributed by atoms with Crippen LogP contribution < -0.4 is 4.90 Å². The molecule has 17 heavy (non-hydrogen) atoms. The topological polar surface area (TPSA) is 40.5 Å². The minimum Gasteiger partial charge on any atom is -0.464 e. The molecule has 0 saturated heterocycles. The van der Waals surface area contributed by atoms with Gasteiger partial charge in [0.25, 0.3) is 0 Å². The minimum atomic E-state index is -0.952. The lowest BCUT2D eigenvalue weighted by molar-refractivity contribution is 0.204. The minimum absolute atomic E-state index is 0.782. The van der Waals surface area contributed by atoms with E-state index in [0.717, 1.165) is 28.8 Å². The summed E-state index contributed by atoms with van der Waals surface area (Å²) in [5.41, 5.74) is 3.92. The van der Waals surface area contributed by atoms with Crippen molar-refractivity contribution >= 4 is 23.9 Å². The number of rotatable bonds is 0. The maximum atomic E-state index is 11.3. The highest BCUT2D eigenvalue weighted by Gasteiger charge is 2.22. The summed E-state index contributed by atoms with van der Waals surface area (Å²) in [6, 6.07) is 4.00. The highest BCUT2D eigenvalue weighted by molar-refractivity contribution is 5.95. The second-order valence-electron chi connectivity index (χ2n) is 4.03. The van der Waals surface area contributed by atoms with Crippen LogP contribution in [0.4, 0.5) is 10.5 Å². The van der Waals surface area contributed by atoms with Crippen LogP contribution in [0.5, 0.6) is 0 Å². The lowest BCUT2D eigenvalue weighted by Crippen LogP contribution is -2.24. The second kappa shape index (κ2) is 3.63. The molecule has 3 heteroatoms. The van der Waals surface area contributed by atoms with Crippen molar-refractivity contribution in [2.75, 3.05) is 4.90 Å². The van der Waals surface area contributed by atoms with Crippen molar-refractivity contribution in [1.82, 2.24) is 0 Å². The van der Waals surface area contributed by atoms with Crippen LogP contribution >= 0.6 is 0 Å². The monoisotopic (exact) mass is 225 g/mol. The fourth-order valence-corrected chi connectivity index (χ4v) is 2.29. The van der Waals surface area contributed by atoms with Crippen molar-refractivity contribution in [3.8, 4) is 0 Å². The Morgan fingerprint density at radius 2 is 2.00 bits per heavy atom. The Labute approximate surface area is 99.0 Å². The standard InChI is InChI=1S/C14H11NO2/c16-14(17)15-9-2-1-4-11-8-7-10-5-3-6-12(10)13(11)15/h1-5,7-9H,6H2,(H,16,17). The third-order valence-corrected chi connectivity index (χ3v) is 3.04. The number of hydrogen-bond acceptors (Lipinski definition) is 1. The van der Waals surface area contributed by atoms with Gasteiger partial charge in [-0.3, -0.25) is 4.90 Å². The molecule has 1 aromatic rings. The van der Waals surface area contributed by atoms with Crippen molar-refractivity contribution in [1.29, 1.82) is 0 Å². The Bertz CT molecular complexity index is 582. The molecule has 0 aromatic heterocycles. The fourth-order valence-electron chi connectivity index (χ4n) is 2.29. The molecule has 0 spiro atoms. The van der Waals surface area contributed by atoms with Crippen molar-refractivity contribution in [2.24, 2.45) is 0 Å². The zero-order valence-electron chi connectivity index (χ0n) is 9.13. The van der Waals surface area contributed by atoms with Gasteiger partial charge in [-0.15, -0.1) is 0 Å². The number of carboxylic acid groups (broad SMARTS) is 1. The van der Waals surface area contributed by atoms with Crippen LogP contribution in [0.1, 0.15) is 16.7 Å². The third kappa shape index (κ3) is 1.47. The molecule has 1 aliphatic heterocycles. The number of amides is 1. The summed E-state index contributed by atoms with van der Waals surface area (Å²) >= 11 is 0. The van der Waals surface area contributed by atoms with E-state index in [1.54, 1.807) is 12.3 Å². The zero-order chi connectivity index (χ0) is 11.8. The second-order valence-corrected chi connectivity index (χ2v) is 4.03. The number of allylic oxidation sites excluding steroid dienone is 3. The van der Waals surface area contributed by atoms with Crippen LogP contribution in [-0.4, -0.2) is 11.2 Å². The molecule has 0 saturated carbocycles. The lowest BCUT2D eigenvalue weighted by Gasteiger charge is -2.20. The molecule has 0 radical (unpaired) electrons. The summed E-state index contributed by atoms with van der Waals surface area (Å²) in [4.78, 5) is 12.6. The Kier molecular flexibility index (Phi) is 2.11. The Hall–Kier alpha value is -2.29. The SMILES string of the molecule is O=C(O)N1C=CC=Cc2ccc3c(c21)CC=C3. The van der Waals surface area contributed by atoms with E-state index in [1.807, 2.05) is 30.4 Å². The molecule has 1 amide bonds. The first-order valence-corrected chi connectivity index (χ1v) is 5.47. The fraction of sp³-hybridized carbons (Fsp3) is 0.0714. The molecule has 3 rings (SSSR count). The van der Waals surface area contributed by atoms with E-state index < -0.39 is 6.09 Å². The van der Waals surface area contributed by atoms with Gasteiger partial charge in [-0.2, -0.15) is 0 Å². The van der Waals surface area contributed by atoms with Crippen LogP contribution in [0.15, 0.2) is 36.6 Å². The van der Waals surface area contributed by atoms with Crippen molar-refractivity contribution in [3.63, 3.8) is 0 Å². The highest BCUT2D eigenvalue weighted by Crippen LogP contribution is 2.35. The van der Waals surface area contributed by atoms with Crippen LogP contribution in [0.25, 0.3) is 12.2 Å². The smallest absolute Gasteiger partial charge is 0.416 e. The van der Waals surface area contributed by atoms with Crippen molar-refractivity contribution in [3.05, 3.63) is 53.3 Å². The van der Waals surface area contributed by atoms with E-state index in [0.29, 0.717) is 0 Å². The maximum Gasteiger partial charge on any atom is 0.416 e. The van der Waals surface area contributed by atoms with Gasteiger partial charge in [-0.05, 0) is 29.2 Å². The predicted molar refractivity (Wildman–Crippen MR) is 67.9 cm³/mol. The summed E-state index contributed by atoms with van der Waals surface area (Å²) < 4.78 is 0. The molecule has 0 fully saturated rings. The summed E-state index contributed by atoms with van der Waals surface area (Å²) in [7, 11) is 0. The molecule has 2 aliphatic rings. The van der Waals surface area contributed by atoms with Gasteiger partial charge in [0.15, 0.2) is 0 Å². The van der Waals surface area contributed by atoms with Gasteiger partial charge in [0.1, 0.15) is 0 Å². The van der Waals surface area contributed by atoms with Gasteiger partial charge < -0.3 is 5.11 Å². The van der Waals surface area contributed by atoms with Gasteiger partial charge in [0.05, 0.1) is 5.69 Å². The molecular weight excluding hydrogens is 214 g/mol. The molecule has 0 unspecified atom stereocenters. The van der Waals surface area contributed by atoms with E-state index in [9.17, 15) is 9.90 Å². The molecule has 1 N–H and O–H groups in total. The van der Waals surface area contributed by atoms with E-state index in [2.05, 4.69) is 6.08 Å². The van der Waals surface area contributed by atoms with E-state index in [-0.39, 0.29) is 0 Å². The van der Waals surface area contributed by atoms with Crippen LogP contribution in [-0.2, 0) is 6.42 Å². The van der Waals surface area contributed by atoms with Crippen LogP contribution in [0, 0.1) is 0 Å². The Balaban J connectivity index is 2.26. The molecule has 1 aromatic carbocycles. The molecule has 0 bridgehead atoms. The van der Waals surface area contributed by atoms with Crippen molar-refractivity contribution in [2.45, 2.75) is 6.42 Å². The van der Waals surface area contributed by atoms with Gasteiger partial charge in [-0.25, -0.2) is 4.79 Å². The first-order valence-electron chi connectivity index (χ1n) is 5.47. The quantitative estimate of drug-likeness (QED) is 0.736. The molecular formula is C14H11NO2. The first-order chi connectivity index (χ1) is 8.27. The number of hydrogen-bond donors (Lipinski definition) is 1. The van der Waals surface area contributed by atoms with Gasteiger partial charge >= 0.3 is 6.09 Å². The molecule has 0 atom stereocenters. The summed E-state index contributed by atoms with van der Waals surface area (Å²) in [6.45, 7) is 0. The number of carbonyl (C=O) groups is 1. The summed E-state index contributed by atoms with van der Waals surface area (Å²) in [5, 5.41) is 9.27. The van der Waals surface area contributed by atoms with Crippen LogP contribution in [0.2, 0.25) is 0 Å². The number of benzene rings is 1.